The zero-order valence-electron chi connectivity index (χ0n) is 10.9. The minimum atomic E-state index is -4.06. The molecule has 0 saturated heterocycles. The van der Waals surface area contributed by atoms with Gasteiger partial charge in [0.1, 0.15) is 10.7 Å². The first-order valence-electron chi connectivity index (χ1n) is 6.01. The number of carbonyl (C=O) groups is 1. The highest BCUT2D eigenvalue weighted by Gasteiger charge is 2.35. The van der Waals surface area contributed by atoms with E-state index in [1.807, 2.05) is 6.92 Å². The smallest absolute Gasteiger partial charge is 0.324 e. The molecule has 0 amide bonds. The molecular formula is C13H17FO4S. The molecule has 0 saturated carbocycles. The summed E-state index contributed by atoms with van der Waals surface area (Å²) in [6.07, 6.45) is 1.41. The fourth-order valence-electron chi connectivity index (χ4n) is 1.75. The molecule has 0 bridgehead atoms. The number of unbranched alkanes of at least 4 members (excludes halogenated alkanes) is 1. The van der Waals surface area contributed by atoms with Crippen molar-refractivity contribution >= 4 is 15.8 Å². The molecule has 106 valence electrons. The Labute approximate surface area is 112 Å². The Balaban J connectivity index is 3.20. The molecule has 1 aromatic carbocycles. The summed E-state index contributed by atoms with van der Waals surface area (Å²) >= 11 is 0. The van der Waals surface area contributed by atoms with Crippen molar-refractivity contribution in [3.05, 3.63) is 30.1 Å². The maximum Gasteiger partial charge on any atom is 0.324 e. The number of hydrogen-bond donors (Lipinski definition) is 0. The standard InChI is InChI=1S/C13H17FO4S/c1-3-4-8-12(13(15)18-2)19(16,17)11-9-6-5-7-10(11)14/h5-7,9,12H,3-4,8H2,1-2H3. The lowest BCUT2D eigenvalue weighted by atomic mass is 10.2. The quantitative estimate of drug-likeness (QED) is 0.754. The minimum absolute atomic E-state index is 0.125. The molecule has 0 aliphatic rings. The molecule has 1 aromatic rings. The molecule has 4 nitrogen and oxygen atoms in total. The molecule has 1 unspecified atom stereocenters. The van der Waals surface area contributed by atoms with Crippen molar-refractivity contribution in [1.82, 2.24) is 0 Å². The summed E-state index contributed by atoms with van der Waals surface area (Å²) in [6, 6.07) is 5.03. The van der Waals surface area contributed by atoms with Crippen molar-refractivity contribution in [2.75, 3.05) is 7.11 Å². The lowest BCUT2D eigenvalue weighted by Gasteiger charge is -2.15. The van der Waals surface area contributed by atoms with Gasteiger partial charge in [-0.3, -0.25) is 4.79 Å². The van der Waals surface area contributed by atoms with Crippen LogP contribution < -0.4 is 0 Å². The van der Waals surface area contributed by atoms with Gasteiger partial charge in [0.2, 0.25) is 0 Å². The number of sulfone groups is 1. The van der Waals surface area contributed by atoms with Crippen LogP contribution in [0.4, 0.5) is 4.39 Å². The number of esters is 1. The monoisotopic (exact) mass is 288 g/mol. The molecule has 0 N–H and O–H groups in total. The van der Waals surface area contributed by atoms with Crippen LogP contribution in [0.25, 0.3) is 0 Å². The molecule has 0 radical (unpaired) electrons. The highest BCUT2D eigenvalue weighted by atomic mass is 32.2. The molecule has 19 heavy (non-hydrogen) atoms. The molecule has 0 heterocycles. The molecule has 6 heteroatoms. The zero-order chi connectivity index (χ0) is 14.5. The number of halogens is 1. The SMILES string of the molecule is CCCCC(C(=O)OC)S(=O)(=O)c1ccccc1F. The van der Waals surface area contributed by atoms with Gasteiger partial charge in [0.05, 0.1) is 7.11 Å². The predicted molar refractivity (Wildman–Crippen MR) is 68.9 cm³/mol. The lowest BCUT2D eigenvalue weighted by molar-refractivity contribution is -0.140. The first-order chi connectivity index (χ1) is 8.95. The topological polar surface area (TPSA) is 60.4 Å². The fourth-order valence-corrected chi connectivity index (χ4v) is 3.49. The van der Waals surface area contributed by atoms with Crippen molar-refractivity contribution in [2.24, 2.45) is 0 Å². The maximum atomic E-state index is 13.6. The van der Waals surface area contributed by atoms with Gasteiger partial charge in [-0.25, -0.2) is 12.8 Å². The van der Waals surface area contributed by atoms with E-state index in [0.29, 0.717) is 6.42 Å². The molecule has 1 atom stereocenters. The van der Waals surface area contributed by atoms with Crippen LogP contribution >= 0.6 is 0 Å². The highest BCUT2D eigenvalue weighted by molar-refractivity contribution is 7.92. The van der Waals surface area contributed by atoms with E-state index in [1.54, 1.807) is 0 Å². The third-order valence-corrected chi connectivity index (χ3v) is 4.92. The Morgan fingerprint density at radius 1 is 1.37 bits per heavy atom. The van der Waals surface area contributed by atoms with E-state index in [4.69, 9.17) is 0 Å². The average molecular weight is 288 g/mol. The third-order valence-electron chi connectivity index (χ3n) is 2.80. The Kier molecular flexibility index (Phi) is 5.47. The number of benzene rings is 1. The largest absolute Gasteiger partial charge is 0.468 e. The molecule has 1 rings (SSSR count). The number of ether oxygens (including phenoxy) is 1. The summed E-state index contributed by atoms with van der Waals surface area (Å²) in [6.45, 7) is 1.88. The van der Waals surface area contributed by atoms with E-state index < -0.39 is 31.8 Å². The van der Waals surface area contributed by atoms with Crippen LogP contribution in [0.5, 0.6) is 0 Å². The first-order valence-corrected chi connectivity index (χ1v) is 7.56. The lowest BCUT2D eigenvalue weighted by Crippen LogP contribution is -2.32. The van der Waals surface area contributed by atoms with E-state index in [0.717, 1.165) is 25.7 Å². The summed E-state index contributed by atoms with van der Waals surface area (Å²) in [7, 11) is -2.94. The Morgan fingerprint density at radius 2 is 2.00 bits per heavy atom. The van der Waals surface area contributed by atoms with Gasteiger partial charge in [-0.2, -0.15) is 0 Å². The van der Waals surface area contributed by atoms with Gasteiger partial charge in [-0.1, -0.05) is 31.9 Å². The second-order valence-corrected chi connectivity index (χ2v) is 6.23. The predicted octanol–water partition coefficient (Wildman–Crippen LogP) is 2.33. The van der Waals surface area contributed by atoms with Crippen molar-refractivity contribution in [3.63, 3.8) is 0 Å². The van der Waals surface area contributed by atoms with E-state index in [2.05, 4.69) is 4.74 Å². The minimum Gasteiger partial charge on any atom is -0.468 e. The summed E-state index contributed by atoms with van der Waals surface area (Å²) in [5.41, 5.74) is 0. The molecule has 0 aromatic heterocycles. The molecule has 0 aliphatic heterocycles. The molecule has 0 spiro atoms. The fraction of sp³-hybridized carbons (Fsp3) is 0.462. The van der Waals surface area contributed by atoms with Crippen LogP contribution in [-0.4, -0.2) is 26.7 Å². The van der Waals surface area contributed by atoms with E-state index in [-0.39, 0.29) is 6.42 Å². The first kappa shape index (κ1) is 15.6. The summed E-state index contributed by atoms with van der Waals surface area (Å²) in [5.74, 6) is -1.70. The van der Waals surface area contributed by atoms with Crippen molar-refractivity contribution < 1.29 is 22.3 Å². The van der Waals surface area contributed by atoms with Crippen LogP contribution in [0.1, 0.15) is 26.2 Å². The van der Waals surface area contributed by atoms with Gasteiger partial charge in [0, 0.05) is 0 Å². The average Bonchev–Trinajstić information content (AvgIpc) is 2.38. The normalized spacial score (nSPS) is 13.0. The van der Waals surface area contributed by atoms with Gasteiger partial charge in [0.25, 0.3) is 0 Å². The number of rotatable bonds is 6. The Morgan fingerprint density at radius 3 is 2.53 bits per heavy atom. The number of hydrogen-bond acceptors (Lipinski definition) is 4. The van der Waals surface area contributed by atoms with E-state index in [9.17, 15) is 17.6 Å². The summed E-state index contributed by atoms with van der Waals surface area (Å²) in [5, 5.41) is -1.35. The number of carbonyl (C=O) groups excluding carboxylic acids is 1. The Bertz CT molecular complexity index is 539. The van der Waals surface area contributed by atoms with Crippen LogP contribution in [0, 0.1) is 5.82 Å². The summed E-state index contributed by atoms with van der Waals surface area (Å²) < 4.78 is 42.8. The third kappa shape index (κ3) is 3.53. The second-order valence-electron chi connectivity index (χ2n) is 4.13. The van der Waals surface area contributed by atoms with E-state index >= 15 is 0 Å². The highest BCUT2D eigenvalue weighted by Crippen LogP contribution is 2.23. The van der Waals surface area contributed by atoms with E-state index in [1.165, 1.54) is 12.1 Å². The summed E-state index contributed by atoms with van der Waals surface area (Å²) in [4.78, 5) is 11.2. The van der Waals surface area contributed by atoms with Gasteiger partial charge in [-0.15, -0.1) is 0 Å². The van der Waals surface area contributed by atoms with Crippen LogP contribution in [0.15, 0.2) is 29.2 Å². The second kappa shape index (κ2) is 6.65. The van der Waals surface area contributed by atoms with Gasteiger partial charge >= 0.3 is 5.97 Å². The number of methoxy groups -OCH3 is 1. The zero-order valence-corrected chi connectivity index (χ0v) is 11.7. The van der Waals surface area contributed by atoms with Crippen LogP contribution in [0.2, 0.25) is 0 Å². The van der Waals surface area contributed by atoms with Gasteiger partial charge in [-0.05, 0) is 18.6 Å². The van der Waals surface area contributed by atoms with Crippen LogP contribution in [-0.2, 0) is 19.4 Å². The molecule has 0 fully saturated rings. The van der Waals surface area contributed by atoms with Crippen molar-refractivity contribution in [3.8, 4) is 0 Å². The van der Waals surface area contributed by atoms with Gasteiger partial charge < -0.3 is 4.74 Å². The maximum absolute atomic E-state index is 13.6. The van der Waals surface area contributed by atoms with Gasteiger partial charge in [0.15, 0.2) is 15.1 Å². The molecular weight excluding hydrogens is 271 g/mol. The molecule has 0 aliphatic carbocycles. The Hall–Kier alpha value is -1.43. The van der Waals surface area contributed by atoms with Crippen molar-refractivity contribution in [1.29, 1.82) is 0 Å². The van der Waals surface area contributed by atoms with Crippen LogP contribution in [0.3, 0.4) is 0 Å². The van der Waals surface area contributed by atoms with Crippen molar-refractivity contribution in [2.45, 2.75) is 36.3 Å².